The molecular weight excluding hydrogens is 410 g/mol. The highest BCUT2D eigenvalue weighted by atomic mass is 16.5. The molecule has 9 nitrogen and oxygen atoms in total. The fraction of sp³-hybridized carbons (Fsp3) is 0.609. The molecule has 1 aromatic carbocycles. The number of rotatable bonds is 5. The van der Waals surface area contributed by atoms with Crippen molar-refractivity contribution >= 4 is 18.0 Å². The minimum absolute atomic E-state index is 0.0166. The van der Waals surface area contributed by atoms with E-state index in [1.165, 1.54) is 0 Å². The number of hydrogen-bond acceptors (Lipinski definition) is 4. The fourth-order valence-corrected chi connectivity index (χ4v) is 4.46. The third-order valence-corrected chi connectivity index (χ3v) is 6.07. The second kappa shape index (κ2) is 10.1. The van der Waals surface area contributed by atoms with Crippen molar-refractivity contribution in [2.45, 2.75) is 39.8 Å². The molecule has 2 heterocycles. The van der Waals surface area contributed by atoms with E-state index in [4.69, 9.17) is 4.74 Å². The van der Waals surface area contributed by atoms with Gasteiger partial charge in [0, 0.05) is 63.7 Å². The normalized spacial score (nSPS) is 21.2. The maximum absolute atomic E-state index is 13.0. The van der Waals surface area contributed by atoms with Crippen LogP contribution in [0.3, 0.4) is 0 Å². The summed E-state index contributed by atoms with van der Waals surface area (Å²) in [6.45, 7) is 9.10. The molecule has 2 fully saturated rings. The molecule has 0 unspecified atom stereocenters. The summed E-state index contributed by atoms with van der Waals surface area (Å²) in [4.78, 5) is 43.7. The van der Waals surface area contributed by atoms with E-state index in [1.807, 2.05) is 49.9 Å². The molecule has 2 saturated heterocycles. The number of urea groups is 2. The molecule has 176 valence electrons. The van der Waals surface area contributed by atoms with Crippen molar-refractivity contribution in [3.8, 4) is 5.75 Å². The molecule has 2 aliphatic rings. The molecule has 2 N–H and O–H groups in total. The number of carbonyl (C=O) groups excluding carboxylic acids is 3. The Morgan fingerprint density at radius 3 is 2.22 bits per heavy atom. The topological polar surface area (TPSA) is 94.2 Å². The van der Waals surface area contributed by atoms with Gasteiger partial charge in [-0.2, -0.15) is 0 Å². The molecule has 3 rings (SSSR count). The minimum Gasteiger partial charge on any atom is -0.497 e. The quantitative estimate of drug-likeness (QED) is 0.724. The van der Waals surface area contributed by atoms with Crippen LogP contribution >= 0.6 is 0 Å². The first-order valence-corrected chi connectivity index (χ1v) is 11.2. The Hall–Kier alpha value is -2.97. The van der Waals surface area contributed by atoms with Crippen LogP contribution in [0.1, 0.15) is 32.8 Å². The smallest absolute Gasteiger partial charge is 0.317 e. The van der Waals surface area contributed by atoms with Crippen molar-refractivity contribution < 1.29 is 19.1 Å². The zero-order valence-corrected chi connectivity index (χ0v) is 19.5. The number of benzene rings is 1. The van der Waals surface area contributed by atoms with Crippen molar-refractivity contribution in [1.82, 2.24) is 25.3 Å². The zero-order valence-electron chi connectivity index (χ0n) is 19.5. The summed E-state index contributed by atoms with van der Waals surface area (Å²) < 4.78 is 5.17. The van der Waals surface area contributed by atoms with E-state index in [0.717, 1.165) is 11.3 Å². The van der Waals surface area contributed by atoms with E-state index in [9.17, 15) is 14.4 Å². The maximum atomic E-state index is 13.0. The first-order valence-electron chi connectivity index (χ1n) is 11.2. The van der Waals surface area contributed by atoms with Gasteiger partial charge in [-0.25, -0.2) is 9.59 Å². The number of ether oxygens (including phenoxy) is 1. The van der Waals surface area contributed by atoms with E-state index < -0.39 is 5.41 Å². The lowest BCUT2D eigenvalue weighted by Crippen LogP contribution is -2.49. The molecule has 5 amide bonds. The first-order chi connectivity index (χ1) is 15.2. The van der Waals surface area contributed by atoms with Crippen LogP contribution in [0.25, 0.3) is 0 Å². The van der Waals surface area contributed by atoms with E-state index in [-0.39, 0.29) is 24.0 Å². The van der Waals surface area contributed by atoms with Gasteiger partial charge in [-0.3, -0.25) is 4.79 Å². The van der Waals surface area contributed by atoms with Crippen LogP contribution in [-0.4, -0.2) is 85.1 Å². The van der Waals surface area contributed by atoms with E-state index >= 15 is 0 Å². The van der Waals surface area contributed by atoms with Gasteiger partial charge in [0.05, 0.1) is 7.11 Å². The number of hydrogen-bond donors (Lipinski definition) is 2. The summed E-state index contributed by atoms with van der Waals surface area (Å²) in [6.07, 6.45) is 0.342. The second-order valence-electron chi connectivity index (χ2n) is 9.04. The van der Waals surface area contributed by atoms with Crippen molar-refractivity contribution in [3.05, 3.63) is 29.8 Å². The number of nitrogens with zero attached hydrogens (tertiary/aromatic N) is 3. The van der Waals surface area contributed by atoms with Gasteiger partial charge in [-0.1, -0.05) is 12.1 Å². The zero-order chi connectivity index (χ0) is 23.3. The predicted molar refractivity (Wildman–Crippen MR) is 121 cm³/mol. The highest BCUT2D eigenvalue weighted by Gasteiger charge is 2.47. The second-order valence-corrected chi connectivity index (χ2v) is 9.04. The number of amides is 5. The van der Waals surface area contributed by atoms with Gasteiger partial charge in [0.15, 0.2) is 0 Å². The predicted octanol–water partition coefficient (Wildman–Crippen LogP) is 1.88. The van der Waals surface area contributed by atoms with Gasteiger partial charge in [0.2, 0.25) is 5.91 Å². The van der Waals surface area contributed by atoms with Crippen molar-refractivity contribution in [2.24, 2.45) is 5.41 Å². The van der Waals surface area contributed by atoms with Crippen molar-refractivity contribution in [2.75, 3.05) is 46.4 Å². The van der Waals surface area contributed by atoms with Gasteiger partial charge in [-0.15, -0.1) is 0 Å². The molecule has 1 atom stereocenters. The van der Waals surface area contributed by atoms with Crippen LogP contribution in [0.5, 0.6) is 5.75 Å². The standard InChI is InChI=1S/C23H35N5O4/c1-5-26-14-23(12-20(26)29)15-27(10-11-28(16-23)22(31)25-17(2)3)21(30)24-13-18-6-8-19(32-4)9-7-18/h6-9,17H,5,10-16H2,1-4H3,(H,24,30)(H,25,31)/t23-/m0/s1. The van der Waals surface area contributed by atoms with Crippen LogP contribution in [0, 0.1) is 5.41 Å². The molecule has 32 heavy (non-hydrogen) atoms. The van der Waals surface area contributed by atoms with Gasteiger partial charge in [-0.05, 0) is 38.5 Å². The van der Waals surface area contributed by atoms with Crippen LogP contribution in [0.4, 0.5) is 9.59 Å². The molecule has 0 saturated carbocycles. The van der Waals surface area contributed by atoms with Gasteiger partial charge in [0.25, 0.3) is 0 Å². The Labute approximate surface area is 190 Å². The lowest BCUT2D eigenvalue weighted by atomic mass is 9.86. The highest BCUT2D eigenvalue weighted by Crippen LogP contribution is 2.35. The van der Waals surface area contributed by atoms with Crippen LogP contribution < -0.4 is 15.4 Å². The Balaban J connectivity index is 1.72. The average molecular weight is 446 g/mol. The summed E-state index contributed by atoms with van der Waals surface area (Å²) in [6, 6.07) is 7.22. The lowest BCUT2D eigenvalue weighted by molar-refractivity contribution is -0.127. The average Bonchev–Trinajstić information content (AvgIpc) is 2.95. The van der Waals surface area contributed by atoms with Crippen molar-refractivity contribution in [3.63, 3.8) is 0 Å². The summed E-state index contributed by atoms with van der Waals surface area (Å²) in [5.41, 5.74) is 0.505. The minimum atomic E-state index is -0.463. The largest absolute Gasteiger partial charge is 0.497 e. The number of carbonyl (C=O) groups is 3. The van der Waals surface area contributed by atoms with Crippen LogP contribution in [0.15, 0.2) is 24.3 Å². The molecule has 0 bridgehead atoms. The highest BCUT2D eigenvalue weighted by molar-refractivity contribution is 5.81. The Morgan fingerprint density at radius 1 is 1.06 bits per heavy atom. The molecule has 0 aliphatic carbocycles. The van der Waals surface area contributed by atoms with Gasteiger partial charge >= 0.3 is 12.1 Å². The molecule has 0 radical (unpaired) electrons. The van der Waals surface area contributed by atoms with Crippen LogP contribution in [-0.2, 0) is 11.3 Å². The molecular formula is C23H35N5O4. The van der Waals surface area contributed by atoms with E-state index in [1.54, 1.807) is 16.9 Å². The van der Waals surface area contributed by atoms with Crippen molar-refractivity contribution in [1.29, 1.82) is 0 Å². The summed E-state index contributed by atoms with van der Waals surface area (Å²) in [5, 5.41) is 5.92. The third-order valence-electron chi connectivity index (χ3n) is 6.07. The monoisotopic (exact) mass is 445 g/mol. The Morgan fingerprint density at radius 2 is 1.69 bits per heavy atom. The summed E-state index contributed by atoms with van der Waals surface area (Å²) >= 11 is 0. The first kappa shape index (κ1) is 23.7. The molecule has 1 aromatic rings. The Bertz CT molecular complexity index is 828. The molecule has 2 aliphatic heterocycles. The van der Waals surface area contributed by atoms with E-state index in [0.29, 0.717) is 52.2 Å². The summed E-state index contributed by atoms with van der Waals surface area (Å²) in [5.74, 6) is 0.845. The lowest BCUT2D eigenvalue weighted by Gasteiger charge is -2.33. The van der Waals surface area contributed by atoms with Gasteiger partial charge in [0.1, 0.15) is 5.75 Å². The molecule has 9 heteroatoms. The Kier molecular flexibility index (Phi) is 7.48. The SMILES string of the molecule is CCN1C[C@@]2(CC1=O)CN(C(=O)NCc1ccc(OC)cc1)CCN(C(=O)NC(C)C)C2. The molecule has 0 aromatic heterocycles. The summed E-state index contributed by atoms with van der Waals surface area (Å²) in [7, 11) is 1.62. The number of nitrogens with one attached hydrogen (secondary N) is 2. The van der Waals surface area contributed by atoms with Crippen LogP contribution in [0.2, 0.25) is 0 Å². The van der Waals surface area contributed by atoms with Gasteiger partial charge < -0.3 is 30.1 Å². The molecule has 1 spiro atoms. The fourth-order valence-electron chi connectivity index (χ4n) is 4.46. The number of methoxy groups -OCH3 is 1. The maximum Gasteiger partial charge on any atom is 0.317 e. The third kappa shape index (κ3) is 5.63. The number of likely N-dealkylation sites (tertiary alicyclic amines) is 1. The van der Waals surface area contributed by atoms with E-state index in [2.05, 4.69) is 10.6 Å².